The number of anilines is 2. The van der Waals surface area contributed by atoms with Crippen molar-refractivity contribution >= 4 is 23.4 Å². The highest BCUT2D eigenvalue weighted by Crippen LogP contribution is 2.20. The molecule has 1 amide bonds. The second-order valence-electron chi connectivity index (χ2n) is 4.94. The van der Waals surface area contributed by atoms with Crippen LogP contribution in [0.4, 0.5) is 11.5 Å². The monoisotopic (exact) mass is 328 g/mol. The Balaban J connectivity index is 2.18. The molecule has 1 N–H and O–H groups in total. The van der Waals surface area contributed by atoms with Gasteiger partial charge in [-0.1, -0.05) is 12.1 Å². The summed E-state index contributed by atoms with van der Waals surface area (Å²) in [5, 5.41) is 11.0. The van der Waals surface area contributed by atoms with Crippen molar-refractivity contribution in [1.29, 1.82) is 0 Å². The lowest BCUT2D eigenvalue weighted by Gasteiger charge is -2.17. The number of hydrogen-bond donors (Lipinski definition) is 1. The van der Waals surface area contributed by atoms with E-state index in [1.54, 1.807) is 41.3 Å². The molecular formula is C17H20N4O3. The van der Waals surface area contributed by atoms with Gasteiger partial charge in [-0.25, -0.2) is 4.79 Å². The van der Waals surface area contributed by atoms with Gasteiger partial charge in [0.2, 0.25) is 0 Å². The minimum Gasteiger partial charge on any atom is -0.465 e. The van der Waals surface area contributed by atoms with Gasteiger partial charge in [-0.05, 0) is 38.1 Å². The van der Waals surface area contributed by atoms with Gasteiger partial charge in [0.1, 0.15) is 0 Å². The van der Waals surface area contributed by atoms with Crippen LogP contribution >= 0.6 is 0 Å². The maximum absolute atomic E-state index is 12.2. The van der Waals surface area contributed by atoms with E-state index < -0.39 is 5.97 Å². The van der Waals surface area contributed by atoms with Crippen molar-refractivity contribution in [3.05, 3.63) is 47.7 Å². The highest BCUT2D eigenvalue weighted by Gasteiger charge is 2.15. The Morgan fingerprint density at radius 1 is 1.08 bits per heavy atom. The van der Waals surface area contributed by atoms with Crippen molar-refractivity contribution in [2.45, 2.75) is 13.8 Å². The molecule has 24 heavy (non-hydrogen) atoms. The van der Waals surface area contributed by atoms with Gasteiger partial charge in [0.25, 0.3) is 5.91 Å². The zero-order valence-corrected chi connectivity index (χ0v) is 13.9. The van der Waals surface area contributed by atoms with E-state index in [1.165, 1.54) is 7.11 Å². The molecule has 0 fully saturated rings. The Bertz CT molecular complexity index is 712. The van der Waals surface area contributed by atoms with E-state index in [-0.39, 0.29) is 11.6 Å². The number of rotatable bonds is 6. The molecule has 7 heteroatoms. The fourth-order valence-corrected chi connectivity index (χ4v) is 2.20. The van der Waals surface area contributed by atoms with Gasteiger partial charge < -0.3 is 15.0 Å². The highest BCUT2D eigenvalue weighted by molar-refractivity contribution is 5.96. The molecule has 2 rings (SSSR count). The van der Waals surface area contributed by atoms with Crippen LogP contribution in [0.3, 0.4) is 0 Å². The number of aromatic nitrogens is 2. The van der Waals surface area contributed by atoms with Gasteiger partial charge in [-0.3, -0.25) is 4.79 Å². The largest absolute Gasteiger partial charge is 0.465 e. The SMILES string of the molecule is CCN(CC)C(=O)c1ccc(Nc2ccccc2C(=O)OC)nn1. The van der Waals surface area contributed by atoms with Crippen LogP contribution in [0.15, 0.2) is 36.4 Å². The van der Waals surface area contributed by atoms with Crippen LogP contribution in [0.5, 0.6) is 0 Å². The smallest absolute Gasteiger partial charge is 0.339 e. The van der Waals surface area contributed by atoms with Gasteiger partial charge in [0.15, 0.2) is 11.5 Å². The van der Waals surface area contributed by atoms with E-state index in [9.17, 15) is 9.59 Å². The lowest BCUT2D eigenvalue weighted by molar-refractivity contribution is 0.0601. The number of nitrogens with one attached hydrogen (secondary N) is 1. The molecule has 126 valence electrons. The zero-order valence-electron chi connectivity index (χ0n) is 13.9. The van der Waals surface area contributed by atoms with E-state index in [0.29, 0.717) is 30.2 Å². The summed E-state index contributed by atoms with van der Waals surface area (Å²) in [7, 11) is 1.33. The third-order valence-corrected chi connectivity index (χ3v) is 3.53. The molecule has 1 aromatic carbocycles. The lowest BCUT2D eigenvalue weighted by Crippen LogP contribution is -2.31. The number of carbonyl (C=O) groups excluding carboxylic acids is 2. The van der Waals surface area contributed by atoms with Gasteiger partial charge in [-0.2, -0.15) is 0 Å². The summed E-state index contributed by atoms with van der Waals surface area (Å²) >= 11 is 0. The quantitative estimate of drug-likeness (QED) is 0.820. The van der Waals surface area contributed by atoms with Crippen LogP contribution in [0.1, 0.15) is 34.7 Å². The molecule has 0 unspecified atom stereocenters. The van der Waals surface area contributed by atoms with Crippen LogP contribution < -0.4 is 5.32 Å². The molecule has 1 aromatic heterocycles. The summed E-state index contributed by atoms with van der Waals surface area (Å²) in [6, 6.07) is 10.2. The van der Waals surface area contributed by atoms with E-state index >= 15 is 0 Å². The third-order valence-electron chi connectivity index (χ3n) is 3.53. The first-order chi connectivity index (χ1) is 11.6. The molecule has 0 aliphatic rings. The minimum atomic E-state index is -0.445. The molecule has 0 aliphatic carbocycles. The maximum Gasteiger partial charge on any atom is 0.339 e. The van der Waals surface area contributed by atoms with Gasteiger partial charge in [-0.15, -0.1) is 10.2 Å². The van der Waals surface area contributed by atoms with Crippen LogP contribution in [0.2, 0.25) is 0 Å². The molecule has 0 spiro atoms. The Kier molecular flexibility index (Phi) is 5.83. The van der Waals surface area contributed by atoms with Crippen molar-refractivity contribution in [1.82, 2.24) is 15.1 Å². The van der Waals surface area contributed by atoms with E-state index in [1.807, 2.05) is 13.8 Å². The fraction of sp³-hybridized carbons (Fsp3) is 0.294. The third kappa shape index (κ3) is 3.87. The van der Waals surface area contributed by atoms with Gasteiger partial charge >= 0.3 is 5.97 Å². The molecule has 2 aromatic rings. The number of benzene rings is 1. The van der Waals surface area contributed by atoms with Crippen molar-refractivity contribution < 1.29 is 14.3 Å². The standard InChI is InChI=1S/C17H20N4O3/c1-4-21(5-2)16(22)14-10-11-15(20-19-14)18-13-9-7-6-8-12(13)17(23)24-3/h6-11H,4-5H2,1-3H3,(H,18,20). The normalized spacial score (nSPS) is 10.1. The van der Waals surface area contributed by atoms with Crippen LogP contribution in [0.25, 0.3) is 0 Å². The van der Waals surface area contributed by atoms with E-state index in [4.69, 9.17) is 4.74 Å². The molecule has 0 aliphatic heterocycles. The molecule has 0 atom stereocenters. The molecule has 1 heterocycles. The second kappa shape index (κ2) is 8.05. The number of para-hydroxylation sites is 1. The van der Waals surface area contributed by atoms with Crippen molar-refractivity contribution in [2.24, 2.45) is 0 Å². The Labute approximate surface area is 140 Å². The van der Waals surface area contributed by atoms with Crippen LogP contribution in [-0.4, -0.2) is 47.2 Å². The number of methoxy groups -OCH3 is 1. The summed E-state index contributed by atoms with van der Waals surface area (Å²) in [5.41, 5.74) is 1.23. The summed E-state index contributed by atoms with van der Waals surface area (Å²) < 4.78 is 4.75. The summed E-state index contributed by atoms with van der Waals surface area (Å²) in [5.74, 6) is -0.171. The number of esters is 1. The summed E-state index contributed by atoms with van der Waals surface area (Å²) in [6.07, 6.45) is 0. The molecule has 0 bridgehead atoms. The van der Waals surface area contributed by atoms with Gasteiger partial charge in [0, 0.05) is 13.1 Å². The number of ether oxygens (including phenoxy) is 1. The second-order valence-corrected chi connectivity index (χ2v) is 4.94. The Morgan fingerprint density at radius 2 is 1.79 bits per heavy atom. The number of carbonyl (C=O) groups is 2. The molecule has 0 saturated heterocycles. The molecule has 0 radical (unpaired) electrons. The summed E-state index contributed by atoms with van der Waals surface area (Å²) in [4.78, 5) is 25.6. The zero-order chi connectivity index (χ0) is 17.5. The predicted octanol–water partition coefficient (Wildman–Crippen LogP) is 2.49. The van der Waals surface area contributed by atoms with E-state index in [2.05, 4.69) is 15.5 Å². The van der Waals surface area contributed by atoms with Crippen LogP contribution in [-0.2, 0) is 4.74 Å². The molecular weight excluding hydrogens is 308 g/mol. The maximum atomic E-state index is 12.2. The van der Waals surface area contributed by atoms with Crippen LogP contribution in [0, 0.1) is 0 Å². The summed E-state index contributed by atoms with van der Waals surface area (Å²) in [6.45, 7) is 5.05. The number of hydrogen-bond acceptors (Lipinski definition) is 6. The highest BCUT2D eigenvalue weighted by atomic mass is 16.5. The fourth-order valence-electron chi connectivity index (χ4n) is 2.20. The average Bonchev–Trinajstić information content (AvgIpc) is 2.63. The first-order valence-corrected chi connectivity index (χ1v) is 7.68. The number of nitrogens with zero attached hydrogens (tertiary/aromatic N) is 3. The molecule has 7 nitrogen and oxygen atoms in total. The average molecular weight is 328 g/mol. The predicted molar refractivity (Wildman–Crippen MR) is 90.3 cm³/mol. The Hall–Kier alpha value is -2.96. The first kappa shape index (κ1) is 17.4. The first-order valence-electron chi connectivity index (χ1n) is 7.68. The Morgan fingerprint density at radius 3 is 2.38 bits per heavy atom. The number of amides is 1. The van der Waals surface area contributed by atoms with Crippen molar-refractivity contribution in [3.8, 4) is 0 Å². The van der Waals surface area contributed by atoms with Crippen molar-refractivity contribution in [2.75, 3.05) is 25.5 Å². The topological polar surface area (TPSA) is 84.4 Å². The van der Waals surface area contributed by atoms with E-state index in [0.717, 1.165) is 0 Å². The lowest BCUT2D eigenvalue weighted by atomic mass is 10.2. The van der Waals surface area contributed by atoms with Crippen molar-refractivity contribution in [3.63, 3.8) is 0 Å². The minimum absolute atomic E-state index is 0.158. The van der Waals surface area contributed by atoms with Gasteiger partial charge in [0.05, 0.1) is 18.4 Å². The molecule has 0 saturated carbocycles.